The van der Waals surface area contributed by atoms with Gasteiger partial charge in [0.15, 0.2) is 0 Å². The molecule has 166 valence electrons. The Kier molecular flexibility index (Phi) is 7.41. The van der Waals surface area contributed by atoms with Crippen LogP contribution >= 0.6 is 0 Å². The summed E-state index contributed by atoms with van der Waals surface area (Å²) in [6.45, 7) is 2.12. The standard InChI is InChI=1S/C21H24FN9O/c22-18-11-15(1-6-28-18)30-19(24)17(20(25)32)13-29-21(2-5-23)3-9-31(10-4-21)14-16-12-26-7-8-27-16/h1,6-8,11-13,29H,2-4,9-10,14H2,(H2,25,32)(H2,24,28,30)/b17-13+. The molecule has 3 heterocycles. The molecule has 5 N–H and O–H groups in total. The van der Waals surface area contributed by atoms with E-state index in [1.165, 1.54) is 18.5 Å². The Morgan fingerprint density at radius 3 is 2.72 bits per heavy atom. The Morgan fingerprint density at radius 2 is 2.09 bits per heavy atom. The van der Waals surface area contributed by atoms with E-state index in [0.717, 1.165) is 24.8 Å². The smallest absolute Gasteiger partial charge is 0.253 e. The third-order valence-corrected chi connectivity index (χ3v) is 5.26. The van der Waals surface area contributed by atoms with Crippen molar-refractivity contribution in [2.75, 3.05) is 13.1 Å². The Bertz CT molecular complexity index is 1040. The number of rotatable bonds is 8. The van der Waals surface area contributed by atoms with Crippen molar-refractivity contribution in [2.24, 2.45) is 16.5 Å². The van der Waals surface area contributed by atoms with Gasteiger partial charge >= 0.3 is 0 Å². The van der Waals surface area contributed by atoms with Gasteiger partial charge in [-0.15, -0.1) is 0 Å². The van der Waals surface area contributed by atoms with Crippen LogP contribution in [0.2, 0.25) is 0 Å². The molecule has 0 spiro atoms. The van der Waals surface area contributed by atoms with Gasteiger partial charge in [-0.05, 0) is 18.9 Å². The molecular weight excluding hydrogens is 413 g/mol. The van der Waals surface area contributed by atoms with E-state index in [1.54, 1.807) is 18.6 Å². The fraction of sp³-hybridized carbons (Fsp3) is 0.333. The van der Waals surface area contributed by atoms with E-state index in [-0.39, 0.29) is 23.5 Å². The molecule has 1 aliphatic heterocycles. The van der Waals surface area contributed by atoms with Gasteiger partial charge < -0.3 is 16.8 Å². The van der Waals surface area contributed by atoms with Gasteiger partial charge in [0.05, 0.1) is 35.0 Å². The van der Waals surface area contributed by atoms with Crippen molar-refractivity contribution in [1.29, 1.82) is 5.26 Å². The second-order valence-electron chi connectivity index (χ2n) is 7.49. The summed E-state index contributed by atoms with van der Waals surface area (Å²) in [4.78, 5) is 30.1. The van der Waals surface area contributed by atoms with Gasteiger partial charge in [-0.1, -0.05) is 0 Å². The van der Waals surface area contributed by atoms with Crippen molar-refractivity contribution in [3.05, 3.63) is 60.3 Å². The lowest BCUT2D eigenvalue weighted by Gasteiger charge is -2.41. The fourth-order valence-corrected chi connectivity index (χ4v) is 3.46. The minimum atomic E-state index is -0.791. The van der Waals surface area contributed by atoms with Crippen LogP contribution in [0.5, 0.6) is 0 Å². The van der Waals surface area contributed by atoms with Crippen molar-refractivity contribution in [2.45, 2.75) is 31.3 Å². The summed E-state index contributed by atoms with van der Waals surface area (Å²) in [6, 6.07) is 4.75. The minimum absolute atomic E-state index is 0.0541. The molecule has 3 rings (SSSR count). The zero-order valence-corrected chi connectivity index (χ0v) is 17.4. The van der Waals surface area contributed by atoms with Crippen LogP contribution < -0.4 is 16.8 Å². The van der Waals surface area contributed by atoms with Crippen LogP contribution in [0.15, 0.2) is 53.7 Å². The number of hydrogen-bond acceptors (Lipinski definition) is 8. The second-order valence-corrected chi connectivity index (χ2v) is 7.49. The maximum Gasteiger partial charge on any atom is 0.253 e. The number of amides is 1. The average molecular weight is 437 g/mol. The number of carbonyl (C=O) groups excluding carboxylic acids is 1. The molecule has 1 aliphatic rings. The Hall–Kier alpha value is -3.91. The molecule has 0 radical (unpaired) electrons. The normalized spacial score (nSPS) is 16.9. The number of aliphatic imine (C=N–C) groups is 1. The molecule has 0 aromatic carbocycles. The largest absolute Gasteiger partial charge is 0.384 e. The molecule has 1 amide bonds. The fourth-order valence-electron chi connectivity index (χ4n) is 3.46. The van der Waals surface area contributed by atoms with E-state index < -0.39 is 17.4 Å². The van der Waals surface area contributed by atoms with Gasteiger partial charge in [-0.3, -0.25) is 19.7 Å². The number of pyridine rings is 1. The zero-order chi connectivity index (χ0) is 23.0. The number of aromatic nitrogens is 3. The highest BCUT2D eigenvalue weighted by Crippen LogP contribution is 2.26. The van der Waals surface area contributed by atoms with E-state index >= 15 is 0 Å². The Balaban J connectivity index is 1.72. The highest BCUT2D eigenvalue weighted by atomic mass is 19.1. The summed E-state index contributed by atoms with van der Waals surface area (Å²) in [7, 11) is 0. The van der Waals surface area contributed by atoms with Crippen molar-refractivity contribution in [3.63, 3.8) is 0 Å². The molecule has 10 nitrogen and oxygen atoms in total. The van der Waals surface area contributed by atoms with Crippen molar-refractivity contribution in [1.82, 2.24) is 25.2 Å². The maximum atomic E-state index is 13.3. The third kappa shape index (κ3) is 6.05. The first-order valence-electron chi connectivity index (χ1n) is 9.99. The van der Waals surface area contributed by atoms with E-state index in [1.807, 2.05) is 0 Å². The quantitative estimate of drug-likeness (QED) is 0.238. The lowest BCUT2D eigenvalue weighted by atomic mass is 9.84. The molecule has 0 unspecified atom stereocenters. The van der Waals surface area contributed by atoms with Crippen LogP contribution in [0.25, 0.3) is 0 Å². The molecule has 0 aliphatic carbocycles. The number of nitrogens with two attached hydrogens (primary N) is 2. The first kappa shape index (κ1) is 22.8. The van der Waals surface area contributed by atoms with Gasteiger partial charge in [0.2, 0.25) is 5.95 Å². The van der Waals surface area contributed by atoms with Gasteiger partial charge in [0.25, 0.3) is 5.91 Å². The molecule has 11 heteroatoms. The molecular formula is C21H24FN9O. The second kappa shape index (κ2) is 10.4. The number of nitrogens with one attached hydrogen (secondary N) is 1. The molecule has 2 aromatic heterocycles. The molecule has 2 aromatic rings. The number of nitrogens with zero attached hydrogens (tertiary/aromatic N) is 6. The van der Waals surface area contributed by atoms with E-state index in [9.17, 15) is 14.4 Å². The van der Waals surface area contributed by atoms with Crippen LogP contribution in [-0.2, 0) is 11.3 Å². The van der Waals surface area contributed by atoms with Crippen LogP contribution in [-0.4, -0.2) is 50.2 Å². The summed E-state index contributed by atoms with van der Waals surface area (Å²) in [5, 5.41) is 12.6. The number of primary amides is 1. The van der Waals surface area contributed by atoms with Gasteiger partial charge in [-0.2, -0.15) is 9.65 Å². The summed E-state index contributed by atoms with van der Waals surface area (Å²) in [5.41, 5.74) is 11.9. The molecule has 1 saturated heterocycles. The van der Waals surface area contributed by atoms with Crippen LogP contribution in [0, 0.1) is 17.3 Å². The molecule has 0 atom stereocenters. The molecule has 1 fully saturated rings. The summed E-state index contributed by atoms with van der Waals surface area (Å²) in [6.07, 6.45) is 9.22. The average Bonchev–Trinajstić information content (AvgIpc) is 2.76. The van der Waals surface area contributed by atoms with Crippen LogP contribution in [0.1, 0.15) is 25.0 Å². The topological polar surface area (TPSA) is 159 Å². The summed E-state index contributed by atoms with van der Waals surface area (Å²) >= 11 is 0. The van der Waals surface area contributed by atoms with E-state index in [0.29, 0.717) is 19.4 Å². The molecule has 32 heavy (non-hydrogen) atoms. The molecule has 0 saturated carbocycles. The van der Waals surface area contributed by atoms with Crippen molar-refractivity contribution < 1.29 is 9.18 Å². The van der Waals surface area contributed by atoms with E-state index in [2.05, 4.69) is 36.2 Å². The highest BCUT2D eigenvalue weighted by molar-refractivity contribution is 6.20. The summed E-state index contributed by atoms with van der Waals surface area (Å²) < 4.78 is 13.3. The number of nitriles is 1. The maximum absolute atomic E-state index is 13.3. The SMILES string of the molecule is N#CCC1(N/C=C(/C(N)=O)C(N)=Nc2ccnc(F)c2)CCN(Cc2cnccn2)CC1. The first-order valence-corrected chi connectivity index (χ1v) is 9.99. The lowest BCUT2D eigenvalue weighted by molar-refractivity contribution is -0.114. The lowest BCUT2D eigenvalue weighted by Crippen LogP contribution is -2.51. The number of likely N-dealkylation sites (tertiary alicyclic amines) is 1. The van der Waals surface area contributed by atoms with Crippen LogP contribution in [0.3, 0.4) is 0 Å². The highest BCUT2D eigenvalue weighted by Gasteiger charge is 2.34. The van der Waals surface area contributed by atoms with Crippen molar-refractivity contribution >= 4 is 17.4 Å². The Labute approximate surface area is 184 Å². The number of hydrogen-bond donors (Lipinski definition) is 3. The predicted octanol–water partition coefficient (Wildman–Crippen LogP) is 0.907. The number of piperidine rings is 1. The van der Waals surface area contributed by atoms with Crippen LogP contribution in [0.4, 0.5) is 10.1 Å². The predicted molar refractivity (Wildman–Crippen MR) is 115 cm³/mol. The van der Waals surface area contributed by atoms with Gasteiger partial charge in [-0.25, -0.2) is 9.98 Å². The van der Waals surface area contributed by atoms with Gasteiger partial charge in [0.1, 0.15) is 5.84 Å². The summed E-state index contributed by atoms with van der Waals surface area (Å²) in [5.74, 6) is -1.67. The Morgan fingerprint density at radius 1 is 1.31 bits per heavy atom. The monoisotopic (exact) mass is 437 g/mol. The number of amidine groups is 1. The van der Waals surface area contributed by atoms with Crippen molar-refractivity contribution in [3.8, 4) is 6.07 Å². The number of carbonyl (C=O) groups is 1. The van der Waals surface area contributed by atoms with E-state index in [4.69, 9.17) is 11.5 Å². The van der Waals surface area contributed by atoms with Gasteiger partial charge in [0, 0.05) is 56.7 Å². The third-order valence-electron chi connectivity index (χ3n) is 5.26. The first-order chi connectivity index (χ1) is 15.4. The minimum Gasteiger partial charge on any atom is -0.384 e. The zero-order valence-electron chi connectivity index (χ0n) is 17.4. The molecule has 0 bridgehead atoms. The number of halogens is 1.